The summed E-state index contributed by atoms with van der Waals surface area (Å²) >= 11 is 0.786. The summed E-state index contributed by atoms with van der Waals surface area (Å²) in [7, 11) is 1.68. The SMILES string of the molecule is COCCO[C@H]1CC[C@H](NCc2ccc3c(c2)nc(NC(=O)c2ccc(C(F)F)s2)n3-c2cccc(C)c2)CC1. The zero-order valence-corrected chi connectivity index (χ0v) is 23.5. The fourth-order valence-electron chi connectivity index (χ4n) is 5.10. The maximum atomic E-state index is 13.1. The molecule has 1 saturated carbocycles. The van der Waals surface area contributed by atoms with Crippen molar-refractivity contribution in [1.29, 1.82) is 0 Å². The zero-order valence-electron chi connectivity index (χ0n) is 22.7. The number of halogens is 2. The Kier molecular flexibility index (Phi) is 9.21. The molecule has 0 unspecified atom stereocenters. The monoisotopic (exact) mass is 568 g/mol. The van der Waals surface area contributed by atoms with Gasteiger partial charge in [-0.05, 0) is 80.1 Å². The highest BCUT2D eigenvalue weighted by Crippen LogP contribution is 2.30. The van der Waals surface area contributed by atoms with Crippen molar-refractivity contribution in [2.24, 2.45) is 0 Å². The number of alkyl halides is 2. The predicted octanol–water partition coefficient (Wildman–Crippen LogP) is 6.65. The Morgan fingerprint density at radius 2 is 1.93 bits per heavy atom. The number of hydrogen-bond acceptors (Lipinski definition) is 6. The van der Waals surface area contributed by atoms with Gasteiger partial charge in [-0.25, -0.2) is 13.8 Å². The summed E-state index contributed by atoms with van der Waals surface area (Å²) in [6.07, 6.45) is 1.89. The number of hydrogen-bond donors (Lipinski definition) is 2. The van der Waals surface area contributed by atoms with Crippen molar-refractivity contribution < 1.29 is 23.0 Å². The van der Waals surface area contributed by atoms with Crippen molar-refractivity contribution in [3.8, 4) is 5.69 Å². The number of aryl methyl sites for hydroxylation is 1. The van der Waals surface area contributed by atoms with E-state index in [1.165, 1.54) is 12.1 Å². The molecule has 0 saturated heterocycles. The second-order valence-electron chi connectivity index (χ2n) is 10.1. The lowest BCUT2D eigenvalue weighted by atomic mass is 9.93. The number of nitrogens with one attached hydrogen (secondary N) is 2. The number of nitrogens with zero attached hydrogens (tertiary/aromatic N) is 2. The first-order valence-corrected chi connectivity index (χ1v) is 14.3. The Hall–Kier alpha value is -3.18. The number of fused-ring (bicyclic) bond motifs is 1. The molecule has 4 aromatic rings. The number of carbonyl (C=O) groups excluding carboxylic acids is 1. The molecule has 1 fully saturated rings. The number of anilines is 1. The van der Waals surface area contributed by atoms with Gasteiger partial charge in [0.25, 0.3) is 12.3 Å². The van der Waals surface area contributed by atoms with Crippen LogP contribution in [0.5, 0.6) is 0 Å². The molecule has 0 atom stereocenters. The number of methoxy groups -OCH3 is 1. The van der Waals surface area contributed by atoms with Crippen molar-refractivity contribution in [1.82, 2.24) is 14.9 Å². The van der Waals surface area contributed by atoms with E-state index in [-0.39, 0.29) is 9.75 Å². The first-order valence-electron chi connectivity index (χ1n) is 13.5. The van der Waals surface area contributed by atoms with E-state index in [1.807, 2.05) is 47.9 Å². The van der Waals surface area contributed by atoms with Gasteiger partial charge in [0.2, 0.25) is 5.95 Å². The topological polar surface area (TPSA) is 77.4 Å². The van der Waals surface area contributed by atoms with Crippen LogP contribution in [0.3, 0.4) is 0 Å². The van der Waals surface area contributed by atoms with Crippen LogP contribution in [0.2, 0.25) is 0 Å². The molecule has 2 N–H and O–H groups in total. The largest absolute Gasteiger partial charge is 0.382 e. The van der Waals surface area contributed by atoms with Crippen molar-refractivity contribution in [2.45, 2.75) is 57.7 Å². The zero-order chi connectivity index (χ0) is 28.1. The molecular formula is C30H34F2N4O3S. The van der Waals surface area contributed by atoms with Gasteiger partial charge in [-0.1, -0.05) is 18.2 Å². The fraction of sp³-hybridized carbons (Fsp3) is 0.400. The van der Waals surface area contributed by atoms with Gasteiger partial charge < -0.3 is 14.8 Å². The molecule has 5 rings (SSSR count). The van der Waals surface area contributed by atoms with Crippen molar-refractivity contribution in [3.05, 3.63) is 75.5 Å². The second-order valence-corrected chi connectivity index (χ2v) is 11.2. The first kappa shape index (κ1) is 28.4. The van der Waals surface area contributed by atoms with Crippen molar-refractivity contribution in [3.63, 3.8) is 0 Å². The van der Waals surface area contributed by atoms with Gasteiger partial charge >= 0.3 is 0 Å². The minimum Gasteiger partial charge on any atom is -0.382 e. The van der Waals surface area contributed by atoms with Gasteiger partial charge in [0.15, 0.2) is 0 Å². The highest BCUT2D eigenvalue weighted by Gasteiger charge is 2.22. The summed E-state index contributed by atoms with van der Waals surface area (Å²) in [5.74, 6) is -0.126. The average molecular weight is 569 g/mol. The number of amides is 1. The highest BCUT2D eigenvalue weighted by atomic mass is 32.1. The van der Waals surface area contributed by atoms with E-state index in [0.717, 1.165) is 64.9 Å². The van der Waals surface area contributed by atoms with E-state index in [2.05, 4.69) is 16.7 Å². The molecular weight excluding hydrogens is 534 g/mol. The normalized spacial score (nSPS) is 17.5. The van der Waals surface area contributed by atoms with Gasteiger partial charge in [-0.15, -0.1) is 11.3 Å². The smallest absolute Gasteiger partial charge is 0.272 e. The predicted molar refractivity (Wildman–Crippen MR) is 154 cm³/mol. The van der Waals surface area contributed by atoms with Crippen LogP contribution in [-0.4, -0.2) is 47.9 Å². The van der Waals surface area contributed by atoms with E-state index in [0.29, 0.717) is 37.9 Å². The third-order valence-corrected chi connectivity index (χ3v) is 8.27. The summed E-state index contributed by atoms with van der Waals surface area (Å²) in [5, 5.41) is 6.53. The summed E-state index contributed by atoms with van der Waals surface area (Å²) in [6.45, 7) is 3.97. The lowest BCUT2D eigenvalue weighted by Crippen LogP contribution is -2.35. The fourth-order valence-corrected chi connectivity index (χ4v) is 5.86. The molecule has 2 aromatic heterocycles. The Morgan fingerprint density at radius 1 is 1.10 bits per heavy atom. The Bertz CT molecular complexity index is 1450. The molecule has 0 spiro atoms. The van der Waals surface area contributed by atoms with Crippen LogP contribution in [-0.2, 0) is 16.0 Å². The van der Waals surface area contributed by atoms with Gasteiger partial charge in [0.1, 0.15) is 0 Å². The number of rotatable bonds is 11. The third-order valence-electron chi connectivity index (χ3n) is 7.18. The maximum absolute atomic E-state index is 13.1. The minimum absolute atomic E-state index is 0.137. The molecule has 0 bridgehead atoms. The summed E-state index contributed by atoms with van der Waals surface area (Å²) in [5.41, 5.74) is 4.60. The first-order chi connectivity index (χ1) is 19.4. The molecule has 7 nitrogen and oxygen atoms in total. The lowest BCUT2D eigenvalue weighted by molar-refractivity contribution is -0.00432. The number of carbonyl (C=O) groups is 1. The third kappa shape index (κ3) is 6.75. The minimum atomic E-state index is -2.61. The van der Waals surface area contributed by atoms with Gasteiger partial charge in [0.05, 0.1) is 40.1 Å². The maximum Gasteiger partial charge on any atom is 0.272 e. The Balaban J connectivity index is 1.33. The van der Waals surface area contributed by atoms with Crippen LogP contribution in [0.25, 0.3) is 16.7 Å². The standard InChI is InChI=1S/C30H34F2N4O3S/c1-19-4-3-5-22(16-19)36-25-11-6-20(18-33-21-7-9-23(10-8-21)39-15-14-38-2)17-24(25)34-30(36)35-29(37)27-13-12-26(40-27)28(31)32/h3-6,11-13,16-17,21,23,28,33H,7-10,14-15,18H2,1-2H3,(H,34,35,37)/t21-,23-. The molecule has 1 aliphatic rings. The van der Waals surface area contributed by atoms with Crippen LogP contribution in [0.1, 0.15) is 57.8 Å². The van der Waals surface area contributed by atoms with Crippen molar-refractivity contribution >= 4 is 34.2 Å². The Morgan fingerprint density at radius 3 is 2.65 bits per heavy atom. The van der Waals surface area contributed by atoms with E-state index < -0.39 is 12.3 Å². The van der Waals surface area contributed by atoms with Crippen LogP contribution < -0.4 is 10.6 Å². The summed E-state index contributed by atoms with van der Waals surface area (Å²) in [6, 6.07) is 17.2. The van der Waals surface area contributed by atoms with Crippen LogP contribution >= 0.6 is 11.3 Å². The molecule has 2 heterocycles. The molecule has 10 heteroatoms. The number of benzene rings is 2. The van der Waals surface area contributed by atoms with Crippen molar-refractivity contribution in [2.75, 3.05) is 25.6 Å². The quantitative estimate of drug-likeness (QED) is 0.198. The lowest BCUT2D eigenvalue weighted by Gasteiger charge is -2.29. The highest BCUT2D eigenvalue weighted by molar-refractivity contribution is 7.14. The molecule has 2 aromatic carbocycles. The number of thiophene rings is 1. The Labute approximate surface area is 236 Å². The van der Waals surface area contributed by atoms with E-state index in [9.17, 15) is 13.6 Å². The molecule has 0 radical (unpaired) electrons. The number of imidazole rings is 1. The molecule has 40 heavy (non-hydrogen) atoms. The van der Waals surface area contributed by atoms with Gasteiger partial charge in [-0.3, -0.25) is 14.7 Å². The average Bonchev–Trinajstić information content (AvgIpc) is 3.58. The van der Waals surface area contributed by atoms with Gasteiger partial charge in [0, 0.05) is 25.4 Å². The van der Waals surface area contributed by atoms with Crippen LogP contribution in [0, 0.1) is 6.92 Å². The molecule has 1 aliphatic carbocycles. The van der Waals surface area contributed by atoms with Gasteiger partial charge in [-0.2, -0.15) is 0 Å². The van der Waals surface area contributed by atoms with Crippen LogP contribution in [0.4, 0.5) is 14.7 Å². The molecule has 0 aliphatic heterocycles. The summed E-state index contributed by atoms with van der Waals surface area (Å²) < 4.78 is 39.0. The number of aromatic nitrogens is 2. The summed E-state index contributed by atoms with van der Waals surface area (Å²) in [4.78, 5) is 17.8. The van der Waals surface area contributed by atoms with E-state index >= 15 is 0 Å². The number of ether oxygens (including phenoxy) is 2. The molecule has 212 valence electrons. The van der Waals surface area contributed by atoms with E-state index in [4.69, 9.17) is 14.5 Å². The second kappa shape index (κ2) is 13.0. The molecule has 1 amide bonds. The van der Waals surface area contributed by atoms with Crippen LogP contribution in [0.15, 0.2) is 54.6 Å². The van der Waals surface area contributed by atoms with E-state index in [1.54, 1.807) is 7.11 Å².